The summed E-state index contributed by atoms with van der Waals surface area (Å²) in [5.74, 6) is -0.153. The molecule has 0 aromatic heterocycles. The lowest BCUT2D eigenvalue weighted by molar-refractivity contribution is -0.117. The van der Waals surface area contributed by atoms with Crippen molar-refractivity contribution in [2.45, 2.75) is 20.0 Å². The summed E-state index contributed by atoms with van der Waals surface area (Å²) >= 11 is 6.95. The molecule has 1 heterocycles. The third-order valence-corrected chi connectivity index (χ3v) is 4.77. The molecule has 0 saturated carbocycles. The largest absolute Gasteiger partial charge is 0.489 e. The van der Waals surface area contributed by atoms with Gasteiger partial charge < -0.3 is 4.74 Å². The number of halogens is 2. The van der Waals surface area contributed by atoms with Gasteiger partial charge in [0.1, 0.15) is 11.3 Å². The van der Waals surface area contributed by atoms with Crippen LogP contribution in [0.25, 0.3) is 6.08 Å². The standard InChI is InChI=1S/C19H16Br2N2O3/c1-11(2)26-17-15(20)9-12(10-16(17)21)8-14-18(24)22-23(19(14)25)13-6-4-3-5-7-13/h3-11H,1-2H3,(H,22,24). The number of ether oxygens (including phenoxy) is 1. The van der Waals surface area contributed by atoms with E-state index < -0.39 is 11.8 Å². The number of nitrogens with one attached hydrogen (secondary N) is 1. The maximum atomic E-state index is 12.6. The van der Waals surface area contributed by atoms with Crippen molar-refractivity contribution in [1.29, 1.82) is 0 Å². The Morgan fingerprint density at radius 3 is 2.27 bits per heavy atom. The lowest BCUT2D eigenvalue weighted by Crippen LogP contribution is -2.35. The molecule has 1 N–H and O–H groups in total. The van der Waals surface area contributed by atoms with Crippen molar-refractivity contribution in [2.24, 2.45) is 0 Å². The van der Waals surface area contributed by atoms with E-state index in [1.807, 2.05) is 19.9 Å². The van der Waals surface area contributed by atoms with Crippen LogP contribution in [0.4, 0.5) is 5.69 Å². The van der Waals surface area contributed by atoms with Gasteiger partial charge in [-0.3, -0.25) is 15.0 Å². The van der Waals surface area contributed by atoms with Crippen molar-refractivity contribution >= 4 is 55.4 Å². The molecule has 1 fully saturated rings. The van der Waals surface area contributed by atoms with E-state index in [2.05, 4.69) is 37.3 Å². The number of hydrogen-bond acceptors (Lipinski definition) is 3. The molecule has 0 atom stereocenters. The molecule has 1 saturated heterocycles. The Hall–Kier alpha value is -2.12. The number of carbonyl (C=O) groups is 2. The van der Waals surface area contributed by atoms with E-state index in [1.54, 1.807) is 42.5 Å². The van der Waals surface area contributed by atoms with Gasteiger partial charge in [-0.1, -0.05) is 18.2 Å². The molecule has 2 aromatic rings. The van der Waals surface area contributed by atoms with Crippen LogP contribution in [0.15, 0.2) is 57.0 Å². The van der Waals surface area contributed by atoms with Gasteiger partial charge in [0.15, 0.2) is 0 Å². The third-order valence-electron chi connectivity index (χ3n) is 3.59. The summed E-state index contributed by atoms with van der Waals surface area (Å²) in [7, 11) is 0. The zero-order chi connectivity index (χ0) is 18.8. The van der Waals surface area contributed by atoms with E-state index >= 15 is 0 Å². The lowest BCUT2D eigenvalue weighted by Gasteiger charge is -2.14. The third kappa shape index (κ3) is 3.83. The average Bonchev–Trinajstić information content (AvgIpc) is 2.87. The van der Waals surface area contributed by atoms with Gasteiger partial charge in [0.2, 0.25) is 0 Å². The normalized spacial score (nSPS) is 15.7. The number of hydrazine groups is 1. The highest BCUT2D eigenvalue weighted by molar-refractivity contribution is 9.11. The zero-order valence-corrected chi connectivity index (χ0v) is 17.3. The van der Waals surface area contributed by atoms with Crippen LogP contribution >= 0.6 is 31.9 Å². The minimum Gasteiger partial charge on any atom is -0.489 e. The molecule has 1 aliphatic heterocycles. The van der Waals surface area contributed by atoms with Crippen molar-refractivity contribution in [2.75, 3.05) is 5.01 Å². The molecule has 134 valence electrons. The highest BCUT2D eigenvalue weighted by atomic mass is 79.9. The smallest absolute Gasteiger partial charge is 0.282 e. The molecule has 0 radical (unpaired) electrons. The number of carbonyl (C=O) groups excluding carboxylic acids is 2. The second-order valence-corrected chi connectivity index (χ2v) is 7.66. The maximum Gasteiger partial charge on any atom is 0.282 e. The van der Waals surface area contributed by atoms with E-state index in [9.17, 15) is 9.59 Å². The van der Waals surface area contributed by atoms with Gasteiger partial charge >= 0.3 is 0 Å². The molecule has 0 aliphatic carbocycles. The fourth-order valence-corrected chi connectivity index (χ4v) is 3.90. The monoisotopic (exact) mass is 478 g/mol. The predicted molar refractivity (Wildman–Crippen MR) is 108 cm³/mol. The minimum absolute atomic E-state index is 0.0217. The first-order valence-electron chi connectivity index (χ1n) is 7.94. The number of amides is 2. The van der Waals surface area contributed by atoms with Crippen LogP contribution < -0.4 is 15.2 Å². The highest BCUT2D eigenvalue weighted by Gasteiger charge is 2.34. The number of para-hydroxylation sites is 1. The Balaban J connectivity index is 1.93. The van der Waals surface area contributed by atoms with E-state index in [4.69, 9.17) is 4.74 Å². The Labute approximate surface area is 168 Å². The first kappa shape index (κ1) is 18.7. The van der Waals surface area contributed by atoms with Crippen LogP contribution in [0.5, 0.6) is 5.75 Å². The van der Waals surface area contributed by atoms with Gasteiger partial charge in [-0.15, -0.1) is 0 Å². The zero-order valence-electron chi connectivity index (χ0n) is 14.1. The molecule has 2 amide bonds. The summed E-state index contributed by atoms with van der Waals surface area (Å²) in [5, 5.41) is 1.24. The Bertz CT molecular complexity index is 872. The Morgan fingerprint density at radius 1 is 1.08 bits per heavy atom. The number of anilines is 1. The van der Waals surface area contributed by atoms with Crippen LogP contribution in [0.2, 0.25) is 0 Å². The van der Waals surface area contributed by atoms with Crippen LogP contribution in [0.3, 0.4) is 0 Å². The Kier molecular flexibility index (Phi) is 5.48. The van der Waals surface area contributed by atoms with Crippen LogP contribution in [-0.2, 0) is 9.59 Å². The number of rotatable bonds is 4. The van der Waals surface area contributed by atoms with Crippen LogP contribution in [-0.4, -0.2) is 17.9 Å². The second-order valence-electron chi connectivity index (χ2n) is 5.96. The predicted octanol–water partition coefficient (Wildman–Crippen LogP) is 4.46. The molecule has 0 bridgehead atoms. The maximum absolute atomic E-state index is 12.6. The van der Waals surface area contributed by atoms with Gasteiger partial charge in [-0.2, -0.15) is 0 Å². The molecule has 3 rings (SSSR count). The van der Waals surface area contributed by atoms with Gasteiger partial charge in [0.05, 0.1) is 20.7 Å². The summed E-state index contributed by atoms with van der Waals surface area (Å²) in [4.78, 5) is 24.9. The minimum atomic E-state index is -0.436. The molecule has 0 spiro atoms. The van der Waals surface area contributed by atoms with Crippen molar-refractivity contribution in [1.82, 2.24) is 5.43 Å². The molecular formula is C19H16Br2N2O3. The summed E-state index contributed by atoms with van der Waals surface area (Å²) in [6, 6.07) is 12.6. The second kappa shape index (κ2) is 7.63. The molecule has 26 heavy (non-hydrogen) atoms. The molecular weight excluding hydrogens is 464 g/mol. The van der Waals surface area contributed by atoms with Gasteiger partial charge in [0, 0.05) is 0 Å². The van der Waals surface area contributed by atoms with Gasteiger partial charge in [-0.05, 0) is 81.6 Å². The van der Waals surface area contributed by atoms with Crippen molar-refractivity contribution in [3.63, 3.8) is 0 Å². The van der Waals surface area contributed by atoms with Crippen molar-refractivity contribution < 1.29 is 14.3 Å². The number of benzene rings is 2. The van der Waals surface area contributed by atoms with Crippen LogP contribution in [0.1, 0.15) is 19.4 Å². The summed E-state index contributed by atoms with van der Waals surface area (Å²) in [6.45, 7) is 3.88. The summed E-state index contributed by atoms with van der Waals surface area (Å²) in [5.41, 5.74) is 3.97. The number of hydrogen-bond donors (Lipinski definition) is 1. The fourth-order valence-electron chi connectivity index (χ4n) is 2.49. The van der Waals surface area contributed by atoms with E-state index in [1.165, 1.54) is 5.01 Å². The lowest BCUT2D eigenvalue weighted by atomic mass is 10.1. The summed E-state index contributed by atoms with van der Waals surface area (Å²) in [6.07, 6.45) is 1.59. The molecule has 2 aromatic carbocycles. The van der Waals surface area contributed by atoms with Gasteiger partial charge in [-0.25, -0.2) is 5.01 Å². The topological polar surface area (TPSA) is 58.6 Å². The van der Waals surface area contributed by atoms with Crippen molar-refractivity contribution in [3.8, 4) is 5.75 Å². The molecule has 1 aliphatic rings. The average molecular weight is 480 g/mol. The quantitative estimate of drug-likeness (QED) is 0.520. The first-order valence-corrected chi connectivity index (χ1v) is 9.53. The van der Waals surface area contributed by atoms with Crippen LogP contribution in [0, 0.1) is 0 Å². The van der Waals surface area contributed by atoms with E-state index in [0.717, 1.165) is 8.95 Å². The number of nitrogens with zero attached hydrogens (tertiary/aromatic N) is 1. The van der Waals surface area contributed by atoms with E-state index in [-0.39, 0.29) is 11.7 Å². The Morgan fingerprint density at radius 2 is 1.69 bits per heavy atom. The molecule has 7 heteroatoms. The SMILES string of the molecule is CC(C)Oc1c(Br)cc(C=C2C(=O)NN(c3ccccc3)C2=O)cc1Br. The highest BCUT2D eigenvalue weighted by Crippen LogP contribution is 2.36. The fraction of sp³-hybridized carbons (Fsp3) is 0.158. The molecule has 5 nitrogen and oxygen atoms in total. The van der Waals surface area contributed by atoms with Crippen molar-refractivity contribution in [3.05, 3.63) is 62.5 Å². The first-order chi connectivity index (χ1) is 12.4. The van der Waals surface area contributed by atoms with Gasteiger partial charge in [0.25, 0.3) is 11.8 Å². The van der Waals surface area contributed by atoms with E-state index in [0.29, 0.717) is 17.0 Å². The summed E-state index contributed by atoms with van der Waals surface area (Å²) < 4.78 is 7.22. The molecule has 0 unspecified atom stereocenters.